The Labute approximate surface area is 193 Å². The quantitative estimate of drug-likeness (QED) is 0.454. The number of fused-ring (bicyclic) bond motifs is 3. The maximum atomic E-state index is 14.6. The summed E-state index contributed by atoms with van der Waals surface area (Å²) < 4.78 is 35.4. The molecule has 172 valence electrons. The van der Waals surface area contributed by atoms with Gasteiger partial charge in [0.2, 0.25) is 17.7 Å². The number of hydrogen-bond donors (Lipinski definition) is 0. The van der Waals surface area contributed by atoms with Crippen LogP contribution in [0, 0.1) is 11.6 Å². The van der Waals surface area contributed by atoms with E-state index in [1.54, 1.807) is 11.9 Å². The van der Waals surface area contributed by atoms with Gasteiger partial charge in [-0.2, -0.15) is 15.1 Å². The third kappa shape index (κ3) is 3.25. The summed E-state index contributed by atoms with van der Waals surface area (Å²) >= 11 is 0. The van der Waals surface area contributed by atoms with Crippen LogP contribution >= 0.6 is 0 Å². The van der Waals surface area contributed by atoms with Crippen molar-refractivity contribution in [3.05, 3.63) is 71.9 Å². The maximum absolute atomic E-state index is 14.6. The van der Waals surface area contributed by atoms with Gasteiger partial charge in [-0.15, -0.1) is 0 Å². The van der Waals surface area contributed by atoms with Crippen LogP contribution in [0.4, 0.5) is 14.7 Å². The molecule has 34 heavy (non-hydrogen) atoms. The Morgan fingerprint density at radius 2 is 1.94 bits per heavy atom. The molecule has 1 amide bonds. The molecule has 2 unspecified atom stereocenters. The van der Waals surface area contributed by atoms with Crippen molar-refractivity contribution < 1.29 is 18.3 Å². The first kappa shape index (κ1) is 20.5. The van der Waals surface area contributed by atoms with E-state index in [0.29, 0.717) is 23.5 Å². The molecule has 2 atom stereocenters. The van der Waals surface area contributed by atoms with E-state index in [2.05, 4.69) is 15.1 Å². The number of benzene rings is 2. The molecule has 3 saturated heterocycles. The first-order chi connectivity index (χ1) is 16.5. The fourth-order valence-electron chi connectivity index (χ4n) is 4.60. The predicted molar refractivity (Wildman–Crippen MR) is 120 cm³/mol. The Kier molecular flexibility index (Phi) is 4.68. The lowest BCUT2D eigenvalue weighted by atomic mass is 9.87. The Balaban J connectivity index is 1.46. The summed E-state index contributed by atoms with van der Waals surface area (Å²) in [6.07, 6.45) is 2.23. The molecule has 0 aliphatic carbocycles. The molecule has 2 aromatic carbocycles. The molecular weight excluding hydrogens is 442 g/mol. The zero-order chi connectivity index (χ0) is 23.4. The van der Waals surface area contributed by atoms with Crippen LogP contribution in [0.3, 0.4) is 0 Å². The summed E-state index contributed by atoms with van der Waals surface area (Å²) in [6.45, 7) is 0.833. The van der Waals surface area contributed by atoms with Crippen molar-refractivity contribution in [3.63, 3.8) is 0 Å². The lowest BCUT2D eigenvalue weighted by molar-refractivity contribution is -0.138. The zero-order valence-electron chi connectivity index (χ0n) is 18.2. The molecule has 2 bridgehead atoms. The molecule has 0 saturated carbocycles. The van der Waals surface area contributed by atoms with E-state index in [0.717, 1.165) is 24.1 Å². The number of anilines is 1. The Morgan fingerprint density at radius 1 is 1.12 bits per heavy atom. The van der Waals surface area contributed by atoms with Crippen molar-refractivity contribution in [1.29, 1.82) is 0 Å². The van der Waals surface area contributed by atoms with Gasteiger partial charge in [-0.25, -0.2) is 13.5 Å². The number of likely N-dealkylation sites (N-methyl/N-ethyl adjacent to an activating group) is 1. The average Bonchev–Trinajstić information content (AvgIpc) is 3.23. The van der Waals surface area contributed by atoms with E-state index in [-0.39, 0.29) is 36.2 Å². The molecule has 5 heterocycles. The number of amides is 1. The number of ether oxygens (including phenoxy) is 1. The van der Waals surface area contributed by atoms with Gasteiger partial charge in [0.05, 0.1) is 12.2 Å². The van der Waals surface area contributed by atoms with Crippen LogP contribution in [0.1, 0.15) is 12.0 Å². The van der Waals surface area contributed by atoms with E-state index in [4.69, 9.17) is 4.74 Å². The SMILES string of the molecule is CN1CC2CC(C1=O)N2c1nc(OCc2ccccc2)c2cnn(-c3ccc(F)cc3F)c2n1. The Hall–Kier alpha value is -4.08. The molecule has 0 radical (unpaired) electrons. The fraction of sp³-hybridized carbons (Fsp3) is 0.250. The zero-order valence-corrected chi connectivity index (χ0v) is 18.2. The maximum Gasteiger partial charge on any atom is 0.245 e. The molecule has 3 aliphatic heterocycles. The lowest BCUT2D eigenvalue weighted by Crippen LogP contribution is -2.71. The second-order valence-electron chi connectivity index (χ2n) is 8.52. The Bertz CT molecular complexity index is 1410. The summed E-state index contributed by atoms with van der Waals surface area (Å²) in [7, 11) is 1.78. The molecule has 0 spiro atoms. The normalized spacial score (nSPS) is 19.4. The third-order valence-corrected chi connectivity index (χ3v) is 6.34. The number of carbonyl (C=O) groups excluding carboxylic acids is 1. The largest absolute Gasteiger partial charge is 0.472 e. The van der Waals surface area contributed by atoms with Gasteiger partial charge in [0.25, 0.3) is 0 Å². The minimum atomic E-state index is -0.769. The second-order valence-corrected chi connectivity index (χ2v) is 8.52. The first-order valence-corrected chi connectivity index (χ1v) is 10.9. The highest BCUT2D eigenvalue weighted by atomic mass is 19.1. The molecule has 7 rings (SSSR count). The standard InChI is InChI=1S/C24H20F2N6O2/c1-30-12-16-10-20(23(30)33)31(16)24-28-21-17(22(29-24)34-13-14-5-3-2-4-6-14)11-27-32(21)19-8-7-15(25)9-18(19)26/h2-9,11,16,20H,10,12-13H2,1H3. The van der Waals surface area contributed by atoms with E-state index >= 15 is 0 Å². The second kappa shape index (κ2) is 7.75. The van der Waals surface area contributed by atoms with E-state index in [1.165, 1.54) is 16.9 Å². The van der Waals surface area contributed by atoms with Gasteiger partial charge >= 0.3 is 0 Å². The van der Waals surface area contributed by atoms with Crippen molar-refractivity contribution in [2.24, 2.45) is 0 Å². The molecule has 4 aromatic rings. The smallest absolute Gasteiger partial charge is 0.245 e. The van der Waals surface area contributed by atoms with Gasteiger partial charge in [-0.1, -0.05) is 30.3 Å². The van der Waals surface area contributed by atoms with Crippen LogP contribution in [-0.2, 0) is 11.4 Å². The molecular formula is C24H20F2N6O2. The molecule has 0 N–H and O–H groups in total. The number of piperazine rings is 1. The number of hydrogen-bond acceptors (Lipinski definition) is 6. The summed E-state index contributed by atoms with van der Waals surface area (Å²) in [6, 6.07) is 12.6. The molecule has 2 aromatic heterocycles. The lowest BCUT2D eigenvalue weighted by Gasteiger charge is -2.54. The number of carbonyl (C=O) groups is 1. The number of piperidine rings is 1. The van der Waals surface area contributed by atoms with Crippen LogP contribution in [0.15, 0.2) is 54.7 Å². The van der Waals surface area contributed by atoms with Gasteiger partial charge in [0, 0.05) is 19.7 Å². The van der Waals surface area contributed by atoms with Crippen LogP contribution in [0.2, 0.25) is 0 Å². The van der Waals surface area contributed by atoms with Crippen molar-refractivity contribution >= 4 is 22.9 Å². The predicted octanol–water partition coefficient (Wildman–Crippen LogP) is 3.09. The van der Waals surface area contributed by atoms with Crippen molar-refractivity contribution in [1.82, 2.24) is 24.6 Å². The van der Waals surface area contributed by atoms with Crippen LogP contribution in [0.25, 0.3) is 16.7 Å². The van der Waals surface area contributed by atoms with Gasteiger partial charge in [-0.3, -0.25) is 4.79 Å². The highest BCUT2D eigenvalue weighted by Gasteiger charge is 2.50. The fourth-order valence-corrected chi connectivity index (χ4v) is 4.60. The van der Waals surface area contributed by atoms with Crippen LogP contribution in [-0.4, -0.2) is 56.2 Å². The third-order valence-electron chi connectivity index (χ3n) is 6.34. The van der Waals surface area contributed by atoms with Gasteiger partial charge in [0.15, 0.2) is 11.5 Å². The van der Waals surface area contributed by atoms with Crippen LogP contribution < -0.4 is 9.64 Å². The monoisotopic (exact) mass is 462 g/mol. The van der Waals surface area contributed by atoms with E-state index < -0.39 is 11.6 Å². The number of nitrogens with zero attached hydrogens (tertiary/aromatic N) is 6. The molecule has 3 fully saturated rings. The molecule has 10 heteroatoms. The van der Waals surface area contributed by atoms with Crippen molar-refractivity contribution in [2.45, 2.75) is 25.1 Å². The van der Waals surface area contributed by atoms with Crippen molar-refractivity contribution in [2.75, 3.05) is 18.5 Å². The summed E-state index contributed by atoms with van der Waals surface area (Å²) in [4.78, 5) is 25.5. The van der Waals surface area contributed by atoms with Gasteiger partial charge in [-0.05, 0) is 24.1 Å². The molecule has 8 nitrogen and oxygen atoms in total. The highest BCUT2D eigenvalue weighted by molar-refractivity contribution is 5.90. The van der Waals surface area contributed by atoms with Crippen LogP contribution in [0.5, 0.6) is 5.88 Å². The number of rotatable bonds is 5. The number of aromatic nitrogens is 4. The number of halogens is 2. The minimum absolute atomic E-state index is 0.0102. The van der Waals surface area contributed by atoms with Gasteiger partial charge < -0.3 is 14.5 Å². The summed E-state index contributed by atoms with van der Waals surface area (Å²) in [5, 5.41) is 4.78. The highest BCUT2D eigenvalue weighted by Crippen LogP contribution is 2.38. The summed E-state index contributed by atoms with van der Waals surface area (Å²) in [5.74, 6) is -0.840. The Morgan fingerprint density at radius 3 is 2.71 bits per heavy atom. The summed E-state index contributed by atoms with van der Waals surface area (Å²) in [5.41, 5.74) is 1.31. The van der Waals surface area contributed by atoms with Gasteiger partial charge in [0.1, 0.15) is 29.5 Å². The molecule has 3 aliphatic rings. The van der Waals surface area contributed by atoms with E-state index in [1.807, 2.05) is 35.2 Å². The first-order valence-electron chi connectivity index (χ1n) is 10.9. The topological polar surface area (TPSA) is 76.4 Å². The van der Waals surface area contributed by atoms with Crippen molar-refractivity contribution in [3.8, 4) is 11.6 Å². The average molecular weight is 462 g/mol. The minimum Gasteiger partial charge on any atom is -0.472 e. The van der Waals surface area contributed by atoms with E-state index in [9.17, 15) is 13.6 Å².